The minimum absolute atomic E-state index is 0.0260. The molecule has 1 aliphatic heterocycles. The van der Waals surface area contributed by atoms with Crippen molar-refractivity contribution in [2.24, 2.45) is 5.92 Å². The summed E-state index contributed by atoms with van der Waals surface area (Å²) in [5.41, 5.74) is 2.59. The molecule has 1 heterocycles. The van der Waals surface area contributed by atoms with Gasteiger partial charge in [-0.15, -0.1) is 0 Å². The van der Waals surface area contributed by atoms with Crippen LogP contribution >= 0.6 is 0 Å². The van der Waals surface area contributed by atoms with Gasteiger partial charge < -0.3 is 5.32 Å². The second-order valence-corrected chi connectivity index (χ2v) is 6.80. The number of likely N-dealkylation sites (N-methyl/N-ethyl adjacent to an activating group) is 1. The van der Waals surface area contributed by atoms with Gasteiger partial charge in [-0.25, -0.2) is 0 Å². The molecule has 1 atom stereocenters. The molecule has 1 aromatic carbocycles. The SMILES string of the molecule is Cc1ccc(C)c(C2(C3CCCCC3)NC(=N)N(C)C2=O)c1. The van der Waals surface area contributed by atoms with E-state index in [0.29, 0.717) is 0 Å². The molecule has 1 amide bonds. The number of guanidine groups is 1. The van der Waals surface area contributed by atoms with Gasteiger partial charge in [0.1, 0.15) is 5.54 Å². The van der Waals surface area contributed by atoms with E-state index in [-0.39, 0.29) is 17.8 Å². The van der Waals surface area contributed by atoms with E-state index < -0.39 is 5.54 Å². The quantitative estimate of drug-likeness (QED) is 0.881. The van der Waals surface area contributed by atoms with Crippen molar-refractivity contribution in [1.29, 1.82) is 5.41 Å². The molecule has 1 unspecified atom stereocenters. The number of hydrogen-bond acceptors (Lipinski definition) is 2. The fraction of sp³-hybridized carbons (Fsp3) is 0.556. The van der Waals surface area contributed by atoms with Crippen LogP contribution in [0.4, 0.5) is 0 Å². The normalized spacial score (nSPS) is 26.4. The summed E-state index contributed by atoms with van der Waals surface area (Å²) in [6.45, 7) is 4.13. The number of nitrogens with zero attached hydrogens (tertiary/aromatic N) is 1. The van der Waals surface area contributed by atoms with E-state index in [1.54, 1.807) is 7.05 Å². The number of carbonyl (C=O) groups is 1. The monoisotopic (exact) mass is 299 g/mol. The topological polar surface area (TPSA) is 56.2 Å². The van der Waals surface area contributed by atoms with Crippen LogP contribution in [0.15, 0.2) is 18.2 Å². The number of rotatable bonds is 2. The smallest absolute Gasteiger partial charge is 0.259 e. The second kappa shape index (κ2) is 5.41. The van der Waals surface area contributed by atoms with Gasteiger partial charge in [-0.05, 0) is 43.7 Å². The zero-order valence-electron chi connectivity index (χ0n) is 13.7. The summed E-state index contributed by atoms with van der Waals surface area (Å²) in [6.07, 6.45) is 5.69. The summed E-state index contributed by atoms with van der Waals surface area (Å²) in [5, 5.41) is 11.4. The van der Waals surface area contributed by atoms with Crippen LogP contribution in [-0.2, 0) is 10.3 Å². The van der Waals surface area contributed by atoms with E-state index in [9.17, 15) is 4.79 Å². The second-order valence-electron chi connectivity index (χ2n) is 6.80. The van der Waals surface area contributed by atoms with Crippen LogP contribution in [0.1, 0.15) is 48.8 Å². The van der Waals surface area contributed by atoms with Crippen LogP contribution in [0.25, 0.3) is 0 Å². The molecule has 0 radical (unpaired) electrons. The first-order chi connectivity index (χ1) is 10.5. The standard InChI is InChI=1S/C18H25N3O/c1-12-9-10-13(2)15(11-12)18(14-7-5-4-6-8-14)16(22)21(3)17(19)20-18/h9-11,14H,4-8H2,1-3H3,(H2,19,20). The third-order valence-electron chi connectivity index (χ3n) is 5.33. The highest BCUT2D eigenvalue weighted by Gasteiger charge is 2.54. The Kier molecular flexibility index (Phi) is 3.71. The lowest BCUT2D eigenvalue weighted by molar-refractivity contribution is -0.133. The van der Waals surface area contributed by atoms with E-state index in [2.05, 4.69) is 37.4 Å². The van der Waals surface area contributed by atoms with Crippen molar-refractivity contribution in [3.05, 3.63) is 34.9 Å². The Bertz CT molecular complexity index is 619. The van der Waals surface area contributed by atoms with E-state index in [1.165, 1.54) is 24.2 Å². The molecule has 0 spiro atoms. The van der Waals surface area contributed by atoms with Gasteiger partial charge in [0, 0.05) is 7.05 Å². The van der Waals surface area contributed by atoms with Crippen molar-refractivity contribution in [3.8, 4) is 0 Å². The molecule has 0 bridgehead atoms. The summed E-state index contributed by atoms with van der Waals surface area (Å²) in [5.74, 6) is 0.508. The van der Waals surface area contributed by atoms with Crippen molar-refractivity contribution >= 4 is 11.9 Å². The first-order valence-corrected chi connectivity index (χ1v) is 8.19. The van der Waals surface area contributed by atoms with E-state index in [4.69, 9.17) is 5.41 Å². The highest BCUT2D eigenvalue weighted by Crippen LogP contribution is 2.44. The van der Waals surface area contributed by atoms with Crippen LogP contribution < -0.4 is 5.32 Å². The van der Waals surface area contributed by atoms with Gasteiger partial charge >= 0.3 is 0 Å². The lowest BCUT2D eigenvalue weighted by Crippen LogP contribution is -2.51. The van der Waals surface area contributed by atoms with Crippen molar-refractivity contribution in [2.75, 3.05) is 7.05 Å². The highest BCUT2D eigenvalue weighted by molar-refractivity contribution is 6.08. The van der Waals surface area contributed by atoms with Gasteiger partial charge in [-0.2, -0.15) is 0 Å². The minimum Gasteiger partial charge on any atom is -0.338 e. The van der Waals surface area contributed by atoms with Crippen molar-refractivity contribution < 1.29 is 4.79 Å². The minimum atomic E-state index is -0.748. The molecule has 2 fully saturated rings. The Morgan fingerprint density at radius 1 is 1.23 bits per heavy atom. The van der Waals surface area contributed by atoms with Crippen LogP contribution in [0.3, 0.4) is 0 Å². The van der Waals surface area contributed by atoms with Crippen LogP contribution in [0, 0.1) is 25.2 Å². The number of hydrogen-bond donors (Lipinski definition) is 2. The molecule has 4 nitrogen and oxygen atoms in total. The van der Waals surface area contributed by atoms with E-state index >= 15 is 0 Å². The maximum atomic E-state index is 13.1. The average Bonchev–Trinajstić information content (AvgIpc) is 2.76. The van der Waals surface area contributed by atoms with E-state index in [1.807, 2.05) is 0 Å². The summed E-state index contributed by atoms with van der Waals surface area (Å²) in [7, 11) is 1.70. The van der Waals surface area contributed by atoms with Gasteiger partial charge in [-0.1, -0.05) is 43.0 Å². The van der Waals surface area contributed by atoms with Crippen molar-refractivity contribution in [3.63, 3.8) is 0 Å². The molecule has 0 aromatic heterocycles. The Hall–Kier alpha value is -1.84. The fourth-order valence-corrected chi connectivity index (χ4v) is 4.07. The molecule has 3 rings (SSSR count). The molecule has 1 saturated carbocycles. The predicted molar refractivity (Wildman–Crippen MR) is 87.8 cm³/mol. The third-order valence-corrected chi connectivity index (χ3v) is 5.33. The number of aryl methyl sites for hydroxylation is 2. The zero-order valence-corrected chi connectivity index (χ0v) is 13.7. The first-order valence-electron chi connectivity index (χ1n) is 8.19. The molecule has 1 aliphatic carbocycles. The summed E-state index contributed by atoms with van der Waals surface area (Å²) in [6, 6.07) is 6.30. The maximum absolute atomic E-state index is 13.1. The van der Waals surface area contributed by atoms with Gasteiger partial charge in [0.05, 0.1) is 0 Å². The summed E-state index contributed by atoms with van der Waals surface area (Å²) >= 11 is 0. The molecule has 2 N–H and O–H groups in total. The van der Waals surface area contributed by atoms with Crippen molar-refractivity contribution in [1.82, 2.24) is 10.2 Å². The predicted octanol–water partition coefficient (Wildman–Crippen LogP) is 3.08. The average molecular weight is 299 g/mol. The van der Waals surface area contributed by atoms with Crippen LogP contribution in [-0.4, -0.2) is 23.8 Å². The molecule has 1 aromatic rings. The largest absolute Gasteiger partial charge is 0.338 e. The third kappa shape index (κ3) is 2.13. The molecule has 4 heteroatoms. The Labute approximate surface area is 132 Å². The summed E-state index contributed by atoms with van der Waals surface area (Å²) in [4.78, 5) is 14.6. The molecular formula is C18H25N3O. The van der Waals surface area contributed by atoms with Crippen LogP contribution in [0.2, 0.25) is 0 Å². The van der Waals surface area contributed by atoms with Gasteiger partial charge in [0.25, 0.3) is 5.91 Å². The fourth-order valence-electron chi connectivity index (χ4n) is 4.07. The molecule has 2 aliphatic rings. The Morgan fingerprint density at radius 2 is 1.91 bits per heavy atom. The number of amides is 1. The molecular weight excluding hydrogens is 274 g/mol. The zero-order chi connectivity index (χ0) is 15.9. The van der Waals surface area contributed by atoms with Crippen molar-refractivity contribution in [2.45, 2.75) is 51.5 Å². The Morgan fingerprint density at radius 3 is 2.50 bits per heavy atom. The lowest BCUT2D eigenvalue weighted by atomic mass is 9.69. The molecule has 1 saturated heterocycles. The number of carbonyl (C=O) groups excluding carboxylic acids is 1. The Balaban J connectivity index is 2.17. The number of nitrogens with one attached hydrogen (secondary N) is 2. The van der Waals surface area contributed by atoms with Crippen LogP contribution in [0.5, 0.6) is 0 Å². The van der Waals surface area contributed by atoms with Gasteiger partial charge in [-0.3, -0.25) is 15.1 Å². The summed E-state index contributed by atoms with van der Waals surface area (Å²) < 4.78 is 0. The lowest BCUT2D eigenvalue weighted by Gasteiger charge is -2.39. The number of benzene rings is 1. The molecule has 22 heavy (non-hydrogen) atoms. The van der Waals surface area contributed by atoms with Gasteiger partial charge in [0.2, 0.25) is 0 Å². The maximum Gasteiger partial charge on any atom is 0.259 e. The van der Waals surface area contributed by atoms with Gasteiger partial charge in [0.15, 0.2) is 5.96 Å². The highest BCUT2D eigenvalue weighted by atomic mass is 16.2. The first kappa shape index (κ1) is 15.1. The van der Waals surface area contributed by atoms with E-state index in [0.717, 1.165) is 29.5 Å². The molecule has 118 valence electrons.